The first-order valence-corrected chi connectivity index (χ1v) is 18.7. The third-order valence-corrected chi connectivity index (χ3v) is 9.42. The molecule has 0 aliphatic heterocycles. The van der Waals surface area contributed by atoms with Crippen LogP contribution in [0.5, 0.6) is 0 Å². The molecule has 1 unspecified atom stereocenters. The molecule has 3 heterocycles. The Bertz CT molecular complexity index is 1970. The first kappa shape index (κ1) is 39.6. The Balaban J connectivity index is 1.12. The number of benzene rings is 2. The van der Waals surface area contributed by atoms with Gasteiger partial charge < -0.3 is 36.8 Å². The van der Waals surface area contributed by atoms with E-state index in [4.69, 9.17) is 10.7 Å². The summed E-state index contributed by atoms with van der Waals surface area (Å²) in [4.78, 5) is 53.2. The molecule has 0 spiro atoms. The number of nitrogens with two attached hydrogens (primary N) is 1. The molecule has 0 radical (unpaired) electrons. The first-order chi connectivity index (χ1) is 26.2. The summed E-state index contributed by atoms with van der Waals surface area (Å²) in [7, 11) is 4.17. The molecule has 14 nitrogen and oxygen atoms in total. The molecule has 0 saturated heterocycles. The maximum atomic E-state index is 13.2. The highest BCUT2D eigenvalue weighted by molar-refractivity contribution is 7.98. The number of amides is 3. The SMILES string of the molecule is CN(C)CCSCc1ccc(-c2cccc(-c3ccc(C(=O)NCCNC(=O)C(Cc4cnc[nH]4)NC(=O)c4cccc(CNCN)[n+]4[O-])cc3)n2)cc1. The number of carbonyl (C=O) groups excluding carboxylic acids is 3. The molecule has 0 bridgehead atoms. The van der Waals surface area contributed by atoms with Gasteiger partial charge in [0.15, 0.2) is 0 Å². The number of rotatable bonds is 19. The Kier molecular flexibility index (Phi) is 14.7. The van der Waals surface area contributed by atoms with Gasteiger partial charge in [-0.05, 0) is 50.0 Å². The zero-order chi connectivity index (χ0) is 38.3. The normalized spacial score (nSPS) is 11.6. The van der Waals surface area contributed by atoms with Crippen LogP contribution in [0.1, 0.15) is 37.8 Å². The topological polar surface area (TPSA) is 197 Å². The summed E-state index contributed by atoms with van der Waals surface area (Å²) in [5, 5.41) is 23.9. The van der Waals surface area contributed by atoms with Crippen LogP contribution in [0.25, 0.3) is 22.5 Å². The molecule has 7 N–H and O–H groups in total. The lowest BCUT2D eigenvalue weighted by molar-refractivity contribution is -0.616. The van der Waals surface area contributed by atoms with E-state index in [1.165, 1.54) is 18.0 Å². The predicted molar refractivity (Wildman–Crippen MR) is 210 cm³/mol. The number of H-pyrrole nitrogens is 1. The number of thioether (sulfide) groups is 1. The van der Waals surface area contributed by atoms with E-state index >= 15 is 0 Å². The van der Waals surface area contributed by atoms with Crippen molar-refractivity contribution in [1.29, 1.82) is 0 Å². The van der Waals surface area contributed by atoms with Crippen LogP contribution in [0.2, 0.25) is 0 Å². The number of nitrogens with zero attached hydrogens (tertiary/aromatic N) is 4. The Labute approximate surface area is 319 Å². The van der Waals surface area contributed by atoms with Crippen molar-refractivity contribution in [2.75, 3.05) is 46.2 Å². The van der Waals surface area contributed by atoms with E-state index in [2.05, 4.69) is 74.5 Å². The van der Waals surface area contributed by atoms with Crippen molar-refractivity contribution >= 4 is 29.5 Å². The average molecular weight is 751 g/mol. The van der Waals surface area contributed by atoms with Crippen LogP contribution >= 0.6 is 11.8 Å². The second-order valence-electron chi connectivity index (χ2n) is 12.7. The minimum absolute atomic E-state index is 0.102. The van der Waals surface area contributed by atoms with Gasteiger partial charge >= 0.3 is 5.91 Å². The molecule has 54 heavy (non-hydrogen) atoms. The third kappa shape index (κ3) is 11.4. The smallest absolute Gasteiger partial charge is 0.318 e. The molecule has 2 aromatic carbocycles. The Morgan fingerprint density at radius 3 is 2.26 bits per heavy atom. The number of hydrogen-bond acceptors (Lipinski definition) is 10. The van der Waals surface area contributed by atoms with Crippen molar-refractivity contribution in [2.24, 2.45) is 5.73 Å². The zero-order valence-corrected chi connectivity index (χ0v) is 31.2. The summed E-state index contributed by atoms with van der Waals surface area (Å²) < 4.78 is 0.507. The summed E-state index contributed by atoms with van der Waals surface area (Å²) in [6.07, 6.45) is 3.12. The summed E-state index contributed by atoms with van der Waals surface area (Å²) in [6, 6.07) is 25.1. The van der Waals surface area contributed by atoms with Crippen LogP contribution in [-0.2, 0) is 23.5 Å². The fourth-order valence-corrected chi connectivity index (χ4v) is 6.51. The average Bonchev–Trinajstić information content (AvgIpc) is 3.71. The number of aromatic nitrogens is 4. The van der Waals surface area contributed by atoms with Crippen molar-refractivity contribution in [1.82, 2.24) is 41.1 Å². The molecule has 0 aliphatic rings. The van der Waals surface area contributed by atoms with Crippen LogP contribution in [0.4, 0.5) is 0 Å². The van der Waals surface area contributed by atoms with Gasteiger partial charge in [0.25, 0.3) is 11.6 Å². The van der Waals surface area contributed by atoms with Gasteiger partial charge in [0.1, 0.15) is 6.04 Å². The minimum Gasteiger partial charge on any atom is -0.618 e. The molecule has 5 rings (SSSR count). The summed E-state index contributed by atoms with van der Waals surface area (Å²) in [6.45, 7) is 1.64. The van der Waals surface area contributed by atoms with E-state index in [1.54, 1.807) is 30.5 Å². The van der Waals surface area contributed by atoms with Gasteiger partial charge in [-0.1, -0.05) is 42.5 Å². The van der Waals surface area contributed by atoms with E-state index in [0.717, 1.165) is 40.6 Å². The fraction of sp³-hybridized carbons (Fsp3) is 0.282. The van der Waals surface area contributed by atoms with Crippen molar-refractivity contribution in [3.63, 3.8) is 0 Å². The molecule has 0 aliphatic carbocycles. The molecule has 5 aromatic rings. The van der Waals surface area contributed by atoms with Gasteiger partial charge in [0.2, 0.25) is 11.6 Å². The fourth-order valence-electron chi connectivity index (χ4n) is 5.44. The molecular weight excluding hydrogens is 705 g/mol. The zero-order valence-electron chi connectivity index (χ0n) is 30.4. The minimum atomic E-state index is -1.03. The first-order valence-electron chi connectivity index (χ1n) is 17.6. The Morgan fingerprint density at radius 1 is 0.907 bits per heavy atom. The molecular formula is C39H46N10O4S. The number of carbonyl (C=O) groups is 3. The molecule has 1 atom stereocenters. The van der Waals surface area contributed by atoms with Crippen molar-refractivity contribution in [3.05, 3.63) is 131 Å². The van der Waals surface area contributed by atoms with Gasteiger partial charge in [-0.15, -0.1) is 0 Å². The van der Waals surface area contributed by atoms with E-state index in [9.17, 15) is 19.6 Å². The van der Waals surface area contributed by atoms with E-state index in [0.29, 0.717) is 21.7 Å². The molecule has 0 saturated carbocycles. The molecule has 15 heteroatoms. The van der Waals surface area contributed by atoms with Gasteiger partial charge in [0, 0.05) is 84.9 Å². The van der Waals surface area contributed by atoms with Crippen LogP contribution in [0, 0.1) is 5.21 Å². The van der Waals surface area contributed by atoms with E-state index < -0.39 is 17.9 Å². The van der Waals surface area contributed by atoms with Crippen molar-refractivity contribution in [2.45, 2.75) is 24.8 Å². The molecule has 3 aromatic heterocycles. The van der Waals surface area contributed by atoms with Crippen LogP contribution in [-0.4, -0.2) is 89.8 Å². The summed E-state index contributed by atoms with van der Waals surface area (Å²) in [5.74, 6) is 0.552. The molecule has 0 fully saturated rings. The lowest BCUT2D eigenvalue weighted by Crippen LogP contribution is -2.52. The highest BCUT2D eigenvalue weighted by Gasteiger charge is 2.26. The third-order valence-electron chi connectivity index (χ3n) is 8.41. The number of aromatic amines is 1. The van der Waals surface area contributed by atoms with Gasteiger partial charge in [-0.2, -0.15) is 16.5 Å². The molecule has 3 amide bonds. The maximum absolute atomic E-state index is 13.2. The second-order valence-corrected chi connectivity index (χ2v) is 13.8. The Morgan fingerprint density at radius 2 is 1.59 bits per heavy atom. The summed E-state index contributed by atoms with van der Waals surface area (Å²) >= 11 is 1.92. The standard InChI is InChI=1S/C39H46N10O4S/c1-48(2)19-20-54-24-27-9-11-28(12-10-27)33-6-4-7-34(46-33)29-13-15-30(16-14-29)37(50)43-17-18-44-38(51)35(21-31-22-42-26-45-31)47-39(52)36-8-3-5-32(49(36)53)23-41-25-40/h3-16,22,26,35,41H,17-21,23-25,40H2,1-2H3,(H,42,45)(H,43,50)(H,44,51)(H,47,52). The lowest BCUT2D eigenvalue weighted by atomic mass is 10.1. The number of hydrogen-bond donors (Lipinski definition) is 6. The van der Waals surface area contributed by atoms with Crippen molar-refractivity contribution < 1.29 is 19.1 Å². The number of imidazole rings is 1. The largest absolute Gasteiger partial charge is 0.618 e. The van der Waals surface area contributed by atoms with Gasteiger partial charge in [-0.25, -0.2) is 9.97 Å². The Hall–Kier alpha value is -5.61. The number of nitrogens with one attached hydrogen (secondary N) is 5. The highest BCUT2D eigenvalue weighted by Crippen LogP contribution is 2.24. The second kappa shape index (κ2) is 20.0. The van der Waals surface area contributed by atoms with E-state index in [1.807, 2.05) is 42.1 Å². The highest BCUT2D eigenvalue weighted by atomic mass is 32.2. The quantitative estimate of drug-likeness (QED) is 0.0316. The van der Waals surface area contributed by atoms with Crippen LogP contribution < -0.4 is 31.7 Å². The maximum Gasteiger partial charge on any atom is 0.318 e. The number of pyridine rings is 2. The van der Waals surface area contributed by atoms with Crippen LogP contribution in [0.15, 0.2) is 97.5 Å². The monoisotopic (exact) mass is 750 g/mol. The van der Waals surface area contributed by atoms with Crippen LogP contribution in [0.3, 0.4) is 0 Å². The molecule has 282 valence electrons. The lowest BCUT2D eigenvalue weighted by Gasteiger charge is -2.18. The van der Waals surface area contributed by atoms with E-state index in [-0.39, 0.29) is 44.3 Å². The summed E-state index contributed by atoms with van der Waals surface area (Å²) in [5.41, 5.74) is 11.5. The van der Waals surface area contributed by atoms with Gasteiger partial charge in [-0.3, -0.25) is 19.7 Å². The predicted octanol–water partition coefficient (Wildman–Crippen LogP) is 2.46. The van der Waals surface area contributed by atoms with Crippen molar-refractivity contribution in [3.8, 4) is 22.5 Å². The van der Waals surface area contributed by atoms with Gasteiger partial charge in [0.05, 0.1) is 24.3 Å².